The lowest BCUT2D eigenvalue weighted by molar-refractivity contribution is -0.113. The van der Waals surface area contributed by atoms with Crippen LogP contribution in [0.5, 0.6) is 5.75 Å². The minimum atomic E-state index is -0.0997. The Hall–Kier alpha value is -2.34. The van der Waals surface area contributed by atoms with Crippen LogP contribution in [-0.4, -0.2) is 17.8 Å². The lowest BCUT2D eigenvalue weighted by Crippen LogP contribution is -2.36. The predicted molar refractivity (Wildman–Crippen MR) is 127 cm³/mol. The van der Waals surface area contributed by atoms with Crippen LogP contribution in [0.3, 0.4) is 0 Å². The van der Waals surface area contributed by atoms with Gasteiger partial charge in [-0.25, -0.2) is 0 Å². The van der Waals surface area contributed by atoms with Gasteiger partial charge in [0.15, 0.2) is 0 Å². The molecule has 1 unspecified atom stereocenters. The average molecular weight is 428 g/mol. The maximum absolute atomic E-state index is 12.3. The number of amides is 1. The van der Waals surface area contributed by atoms with Gasteiger partial charge in [0.05, 0.1) is 11.4 Å². The summed E-state index contributed by atoms with van der Waals surface area (Å²) in [7, 11) is 0. The molecule has 2 aromatic rings. The molecule has 0 spiro atoms. The van der Waals surface area contributed by atoms with Crippen molar-refractivity contribution in [1.82, 2.24) is 0 Å². The second kappa shape index (κ2) is 10.1. The summed E-state index contributed by atoms with van der Waals surface area (Å²) in [6, 6.07) is 13.0. The summed E-state index contributed by atoms with van der Waals surface area (Å²) in [5.74, 6) is 2.67. The first-order valence-electron chi connectivity index (χ1n) is 10.7. The smallest absolute Gasteiger partial charge is 0.234 e. The van der Waals surface area contributed by atoms with Crippen molar-refractivity contribution in [2.24, 2.45) is 17.8 Å². The van der Waals surface area contributed by atoms with Gasteiger partial charge in [-0.3, -0.25) is 4.79 Å². The number of ether oxygens (including phenoxy) is 1. The van der Waals surface area contributed by atoms with Gasteiger partial charge >= 0.3 is 0 Å². The molecule has 3 rings (SSSR count). The number of carbonyl (C=O) groups is 1. The van der Waals surface area contributed by atoms with Gasteiger partial charge in [-0.2, -0.15) is 0 Å². The number of nitrogen functional groups attached to an aromatic ring is 2. The first-order chi connectivity index (χ1) is 14.3. The van der Waals surface area contributed by atoms with E-state index in [9.17, 15) is 4.79 Å². The number of hydrogen-bond acceptors (Lipinski definition) is 5. The maximum atomic E-state index is 12.3. The highest BCUT2D eigenvalue weighted by Gasteiger charge is 2.32. The zero-order valence-electron chi connectivity index (χ0n) is 18.1. The van der Waals surface area contributed by atoms with Gasteiger partial charge in [0.1, 0.15) is 11.9 Å². The van der Waals surface area contributed by atoms with Crippen LogP contribution in [0.4, 0.5) is 17.1 Å². The Bertz CT molecular complexity index is 871. The monoisotopic (exact) mass is 427 g/mol. The molecule has 0 bridgehead atoms. The summed E-state index contributed by atoms with van der Waals surface area (Å²) >= 11 is 1.42. The zero-order chi connectivity index (χ0) is 21.7. The average Bonchev–Trinajstić information content (AvgIpc) is 2.69. The number of rotatable bonds is 7. The minimum Gasteiger partial charge on any atom is -0.488 e. The number of thioether (sulfide) groups is 1. The molecule has 6 heteroatoms. The van der Waals surface area contributed by atoms with Gasteiger partial charge in [-0.05, 0) is 60.9 Å². The van der Waals surface area contributed by atoms with Gasteiger partial charge in [0, 0.05) is 16.3 Å². The summed E-state index contributed by atoms with van der Waals surface area (Å²) in [6.07, 6.45) is 3.70. The fourth-order valence-electron chi connectivity index (χ4n) is 4.10. The molecule has 5 nitrogen and oxygen atoms in total. The SMILES string of the molecule is CC(C)[C@@H]1CC[C@@H](C)CC1Oc1ccc(NC(=O)CSc2ccccc2N)cc1N. The van der Waals surface area contributed by atoms with Crippen molar-refractivity contribution in [3.63, 3.8) is 0 Å². The summed E-state index contributed by atoms with van der Waals surface area (Å²) in [5, 5.41) is 2.90. The van der Waals surface area contributed by atoms with E-state index in [0.29, 0.717) is 40.6 Å². The van der Waals surface area contributed by atoms with E-state index in [1.807, 2.05) is 36.4 Å². The molecule has 0 radical (unpaired) electrons. The number of anilines is 3. The topological polar surface area (TPSA) is 90.4 Å². The molecule has 1 amide bonds. The molecule has 0 saturated heterocycles. The number of nitrogens with one attached hydrogen (secondary N) is 1. The Morgan fingerprint density at radius 2 is 1.93 bits per heavy atom. The fourth-order valence-corrected chi connectivity index (χ4v) is 4.87. The fraction of sp³-hybridized carbons (Fsp3) is 0.458. The molecule has 3 atom stereocenters. The van der Waals surface area contributed by atoms with E-state index in [1.165, 1.54) is 24.6 Å². The number of hydrogen-bond donors (Lipinski definition) is 3. The lowest BCUT2D eigenvalue weighted by Gasteiger charge is -2.37. The minimum absolute atomic E-state index is 0.0997. The summed E-state index contributed by atoms with van der Waals surface area (Å²) in [6.45, 7) is 6.82. The molecular formula is C24H33N3O2S. The van der Waals surface area contributed by atoms with E-state index in [-0.39, 0.29) is 17.8 Å². The second-order valence-electron chi connectivity index (χ2n) is 8.61. The molecule has 30 heavy (non-hydrogen) atoms. The van der Waals surface area contributed by atoms with E-state index < -0.39 is 0 Å². The number of benzene rings is 2. The van der Waals surface area contributed by atoms with Crippen LogP contribution in [0.15, 0.2) is 47.4 Å². The number of nitrogens with two attached hydrogens (primary N) is 2. The Balaban J connectivity index is 1.59. The van der Waals surface area contributed by atoms with Crippen molar-refractivity contribution in [2.75, 3.05) is 22.5 Å². The lowest BCUT2D eigenvalue weighted by atomic mass is 9.75. The van der Waals surface area contributed by atoms with Gasteiger partial charge < -0.3 is 21.5 Å². The standard InChI is InChI=1S/C24H33N3O2S/c1-15(2)18-10-8-16(3)12-22(18)29-21-11-9-17(13-20(21)26)27-24(28)14-30-23-7-5-4-6-19(23)25/h4-7,9,11,13,15-16,18,22H,8,10,12,14,25-26H2,1-3H3,(H,27,28)/t16-,18+,22?/m1/s1. The largest absolute Gasteiger partial charge is 0.488 e. The van der Waals surface area contributed by atoms with Crippen molar-refractivity contribution in [2.45, 2.75) is 51.0 Å². The predicted octanol–water partition coefficient (Wildman–Crippen LogP) is 5.42. The Kier molecular flexibility index (Phi) is 7.53. The summed E-state index contributed by atoms with van der Waals surface area (Å²) < 4.78 is 6.35. The van der Waals surface area contributed by atoms with Crippen LogP contribution in [0.2, 0.25) is 0 Å². The van der Waals surface area contributed by atoms with Crippen LogP contribution in [0.25, 0.3) is 0 Å². The van der Waals surface area contributed by atoms with Gasteiger partial charge in [-0.15, -0.1) is 11.8 Å². The van der Waals surface area contributed by atoms with E-state index >= 15 is 0 Å². The molecule has 0 heterocycles. The van der Waals surface area contributed by atoms with Crippen molar-refractivity contribution in [3.05, 3.63) is 42.5 Å². The Morgan fingerprint density at radius 3 is 2.63 bits per heavy atom. The molecule has 1 fully saturated rings. The normalized spacial score (nSPS) is 21.4. The van der Waals surface area contributed by atoms with Crippen LogP contribution in [-0.2, 0) is 4.79 Å². The first kappa shape index (κ1) is 22.3. The molecule has 0 aliphatic heterocycles. The molecule has 2 aromatic carbocycles. The quantitative estimate of drug-likeness (QED) is 0.405. The van der Waals surface area contributed by atoms with Crippen LogP contribution in [0.1, 0.15) is 40.0 Å². The van der Waals surface area contributed by atoms with Gasteiger partial charge in [-0.1, -0.05) is 39.3 Å². The Morgan fingerprint density at radius 1 is 1.17 bits per heavy atom. The van der Waals surface area contributed by atoms with Gasteiger partial charge in [0.2, 0.25) is 5.91 Å². The van der Waals surface area contributed by atoms with Crippen molar-refractivity contribution in [3.8, 4) is 5.75 Å². The molecule has 0 aromatic heterocycles. The highest BCUT2D eigenvalue weighted by atomic mass is 32.2. The number of carbonyl (C=O) groups excluding carboxylic acids is 1. The third-order valence-electron chi connectivity index (χ3n) is 5.81. The second-order valence-corrected chi connectivity index (χ2v) is 9.63. The van der Waals surface area contributed by atoms with Crippen LogP contribution < -0.4 is 21.5 Å². The highest BCUT2D eigenvalue weighted by molar-refractivity contribution is 8.00. The molecule has 1 aliphatic carbocycles. The van der Waals surface area contributed by atoms with Crippen molar-refractivity contribution >= 4 is 34.7 Å². The Labute approximate surface area is 183 Å². The molecule has 162 valence electrons. The molecular weight excluding hydrogens is 394 g/mol. The van der Waals surface area contributed by atoms with E-state index in [0.717, 1.165) is 11.3 Å². The molecule has 5 N–H and O–H groups in total. The molecule has 1 saturated carbocycles. The van der Waals surface area contributed by atoms with Crippen molar-refractivity contribution < 1.29 is 9.53 Å². The van der Waals surface area contributed by atoms with E-state index in [2.05, 4.69) is 26.1 Å². The zero-order valence-corrected chi connectivity index (χ0v) is 18.9. The van der Waals surface area contributed by atoms with Crippen molar-refractivity contribution in [1.29, 1.82) is 0 Å². The third kappa shape index (κ3) is 5.85. The summed E-state index contributed by atoms with van der Waals surface area (Å²) in [5.41, 5.74) is 14.1. The third-order valence-corrected chi connectivity index (χ3v) is 6.90. The molecule has 1 aliphatic rings. The number of para-hydroxylation sites is 1. The first-order valence-corrected chi connectivity index (χ1v) is 11.7. The van der Waals surface area contributed by atoms with Gasteiger partial charge in [0.25, 0.3) is 0 Å². The summed E-state index contributed by atoms with van der Waals surface area (Å²) in [4.78, 5) is 13.2. The van der Waals surface area contributed by atoms with E-state index in [4.69, 9.17) is 16.2 Å². The highest BCUT2D eigenvalue weighted by Crippen LogP contribution is 2.37. The van der Waals surface area contributed by atoms with E-state index in [1.54, 1.807) is 6.07 Å². The maximum Gasteiger partial charge on any atom is 0.234 e. The van der Waals surface area contributed by atoms with Crippen LogP contribution in [0, 0.1) is 17.8 Å². The van der Waals surface area contributed by atoms with Crippen LogP contribution >= 0.6 is 11.8 Å².